The second-order valence-corrected chi connectivity index (χ2v) is 2.29. The summed E-state index contributed by atoms with van der Waals surface area (Å²) in [5.41, 5.74) is 0. The summed E-state index contributed by atoms with van der Waals surface area (Å²) in [7, 11) is 4.13. The molecule has 1 nitrogen and oxygen atoms in total. The molecule has 0 bridgehead atoms. The van der Waals surface area contributed by atoms with E-state index in [2.05, 4.69) is 32.5 Å². The van der Waals surface area contributed by atoms with Gasteiger partial charge in [-0.3, -0.25) is 0 Å². The average Bonchev–Trinajstić information content (AvgIpc) is 1.66. The van der Waals surface area contributed by atoms with E-state index in [1.807, 2.05) is 0 Å². The maximum Gasteiger partial charge on any atom is 0.0245 e. The topological polar surface area (TPSA) is 3.24 Å². The van der Waals surface area contributed by atoms with Crippen molar-refractivity contribution in [3.8, 4) is 0 Å². The standard InChI is InChI=1S/C7H16N.ClH/c1-4-5-6-7-8(2)3;/h7H,4-6H2,1-3H3;1H. The van der Waals surface area contributed by atoms with Crippen LogP contribution < -0.4 is 0 Å². The Kier molecular flexibility index (Phi) is 11.0. The van der Waals surface area contributed by atoms with Gasteiger partial charge in [0.15, 0.2) is 0 Å². The normalized spacial score (nSPS) is 9.33. The molecule has 0 N–H and O–H groups in total. The minimum Gasteiger partial charge on any atom is -0.305 e. The molecule has 1 radical (unpaired) electrons. The maximum absolute atomic E-state index is 2.21. The summed E-state index contributed by atoms with van der Waals surface area (Å²) in [5.74, 6) is 0. The quantitative estimate of drug-likeness (QED) is 0.556. The smallest absolute Gasteiger partial charge is 0.0245 e. The predicted octanol–water partition coefficient (Wildman–Crippen LogP) is 2.32. The van der Waals surface area contributed by atoms with E-state index in [4.69, 9.17) is 0 Å². The molecule has 2 heteroatoms. The fourth-order valence-corrected chi connectivity index (χ4v) is 0.554. The zero-order chi connectivity index (χ0) is 6.41. The second kappa shape index (κ2) is 8.25. The summed E-state index contributed by atoms with van der Waals surface area (Å²) in [4.78, 5) is 2.11. The first kappa shape index (κ1) is 12.0. The molecular formula is C7H17ClN. The van der Waals surface area contributed by atoms with Gasteiger partial charge in [0.2, 0.25) is 0 Å². The van der Waals surface area contributed by atoms with Crippen LogP contribution in [-0.4, -0.2) is 19.0 Å². The Morgan fingerprint density at radius 2 is 1.89 bits per heavy atom. The van der Waals surface area contributed by atoms with Crippen molar-refractivity contribution in [3.05, 3.63) is 6.54 Å². The third-order valence-electron chi connectivity index (χ3n) is 1.05. The molecule has 0 aliphatic rings. The highest BCUT2D eigenvalue weighted by Gasteiger charge is 1.87. The lowest BCUT2D eigenvalue weighted by Crippen LogP contribution is -2.06. The number of halogens is 1. The van der Waals surface area contributed by atoms with Gasteiger partial charge in [0.05, 0.1) is 0 Å². The molecule has 0 spiro atoms. The van der Waals surface area contributed by atoms with Crippen molar-refractivity contribution < 1.29 is 0 Å². The van der Waals surface area contributed by atoms with E-state index < -0.39 is 0 Å². The molecule has 0 aliphatic heterocycles. The first-order valence-electron chi connectivity index (χ1n) is 3.27. The summed E-state index contributed by atoms with van der Waals surface area (Å²) in [6, 6.07) is 0. The number of nitrogens with zero attached hydrogens (tertiary/aromatic N) is 1. The summed E-state index contributed by atoms with van der Waals surface area (Å²) in [6.07, 6.45) is 3.84. The van der Waals surface area contributed by atoms with Gasteiger partial charge in [-0.05, 0) is 20.5 Å². The Hall–Kier alpha value is 0.250. The Morgan fingerprint density at radius 3 is 2.22 bits per heavy atom. The van der Waals surface area contributed by atoms with E-state index in [9.17, 15) is 0 Å². The van der Waals surface area contributed by atoms with Crippen LogP contribution >= 0.6 is 12.4 Å². The monoisotopic (exact) mass is 150 g/mol. The molecule has 0 aromatic carbocycles. The highest BCUT2D eigenvalue weighted by Crippen LogP contribution is 1.97. The van der Waals surface area contributed by atoms with Crippen molar-refractivity contribution in [1.82, 2.24) is 4.90 Å². The van der Waals surface area contributed by atoms with Crippen LogP contribution in [0.2, 0.25) is 0 Å². The minimum atomic E-state index is 0. The van der Waals surface area contributed by atoms with Crippen LogP contribution in [0.15, 0.2) is 0 Å². The van der Waals surface area contributed by atoms with E-state index in [1.165, 1.54) is 19.3 Å². The molecule has 9 heavy (non-hydrogen) atoms. The predicted molar refractivity (Wildman–Crippen MR) is 44.8 cm³/mol. The van der Waals surface area contributed by atoms with Gasteiger partial charge >= 0.3 is 0 Å². The van der Waals surface area contributed by atoms with E-state index in [0.29, 0.717) is 0 Å². The highest BCUT2D eigenvalue weighted by molar-refractivity contribution is 5.85. The van der Waals surface area contributed by atoms with E-state index >= 15 is 0 Å². The molecule has 0 aromatic heterocycles. The molecule has 0 heterocycles. The Labute approximate surface area is 64.8 Å². The van der Waals surface area contributed by atoms with Crippen LogP contribution in [0.4, 0.5) is 0 Å². The number of hydrogen-bond donors (Lipinski definition) is 0. The molecule has 0 saturated carbocycles. The third-order valence-corrected chi connectivity index (χ3v) is 1.05. The van der Waals surface area contributed by atoms with Gasteiger partial charge in [0.25, 0.3) is 0 Å². The first-order chi connectivity index (χ1) is 3.77. The molecule has 0 aromatic rings. The summed E-state index contributed by atoms with van der Waals surface area (Å²) in [5, 5.41) is 0. The Balaban J connectivity index is 0. The average molecular weight is 151 g/mol. The molecule has 57 valence electrons. The molecule has 0 rings (SSSR count). The van der Waals surface area contributed by atoms with Gasteiger partial charge < -0.3 is 4.90 Å². The Bertz CT molecular complexity index is 46.2. The summed E-state index contributed by atoms with van der Waals surface area (Å²) >= 11 is 0. The van der Waals surface area contributed by atoms with Crippen LogP contribution in [0.25, 0.3) is 0 Å². The molecule has 0 aliphatic carbocycles. The van der Waals surface area contributed by atoms with Gasteiger partial charge in [-0.15, -0.1) is 12.4 Å². The van der Waals surface area contributed by atoms with Crippen molar-refractivity contribution in [2.45, 2.75) is 26.2 Å². The minimum absolute atomic E-state index is 0. The lowest BCUT2D eigenvalue weighted by atomic mass is 10.2. The molecule has 0 unspecified atom stereocenters. The van der Waals surface area contributed by atoms with Crippen LogP contribution in [0.3, 0.4) is 0 Å². The third kappa shape index (κ3) is 11.7. The van der Waals surface area contributed by atoms with Crippen molar-refractivity contribution in [2.75, 3.05) is 14.1 Å². The highest BCUT2D eigenvalue weighted by atomic mass is 35.5. The molecule has 0 fully saturated rings. The van der Waals surface area contributed by atoms with Gasteiger partial charge in [-0.2, -0.15) is 0 Å². The maximum atomic E-state index is 2.21. The zero-order valence-electron chi connectivity index (χ0n) is 6.55. The summed E-state index contributed by atoms with van der Waals surface area (Å²) in [6.45, 7) is 4.42. The van der Waals surface area contributed by atoms with Crippen LogP contribution in [0.5, 0.6) is 0 Å². The number of rotatable bonds is 4. The van der Waals surface area contributed by atoms with Gasteiger partial charge in [-0.25, -0.2) is 0 Å². The van der Waals surface area contributed by atoms with Crippen molar-refractivity contribution in [1.29, 1.82) is 0 Å². The fourth-order valence-electron chi connectivity index (χ4n) is 0.554. The molecule has 0 atom stereocenters. The molecule has 0 amide bonds. The fraction of sp³-hybridized carbons (Fsp3) is 0.857. The summed E-state index contributed by atoms with van der Waals surface area (Å²) < 4.78 is 0. The van der Waals surface area contributed by atoms with Crippen LogP contribution in [0, 0.1) is 6.54 Å². The Morgan fingerprint density at radius 1 is 1.33 bits per heavy atom. The molecular weight excluding hydrogens is 134 g/mol. The number of hydrogen-bond acceptors (Lipinski definition) is 1. The lowest BCUT2D eigenvalue weighted by molar-refractivity contribution is 0.468. The van der Waals surface area contributed by atoms with Crippen molar-refractivity contribution in [2.24, 2.45) is 0 Å². The van der Waals surface area contributed by atoms with Crippen molar-refractivity contribution in [3.63, 3.8) is 0 Å². The van der Waals surface area contributed by atoms with Gasteiger partial charge in [0.1, 0.15) is 0 Å². The van der Waals surface area contributed by atoms with E-state index in [1.54, 1.807) is 0 Å². The first-order valence-corrected chi connectivity index (χ1v) is 3.27. The van der Waals surface area contributed by atoms with Crippen LogP contribution in [0.1, 0.15) is 26.2 Å². The SMILES string of the molecule is CCCC[CH]N(C)C.Cl. The van der Waals surface area contributed by atoms with E-state index in [0.717, 1.165) is 0 Å². The van der Waals surface area contributed by atoms with Gasteiger partial charge in [0, 0.05) is 6.54 Å². The van der Waals surface area contributed by atoms with Crippen LogP contribution in [-0.2, 0) is 0 Å². The van der Waals surface area contributed by atoms with E-state index in [-0.39, 0.29) is 12.4 Å². The second-order valence-electron chi connectivity index (χ2n) is 2.29. The van der Waals surface area contributed by atoms with Crippen molar-refractivity contribution >= 4 is 12.4 Å². The zero-order valence-corrected chi connectivity index (χ0v) is 7.37. The lowest BCUT2D eigenvalue weighted by Gasteiger charge is -2.06. The largest absolute Gasteiger partial charge is 0.305 e. The van der Waals surface area contributed by atoms with Gasteiger partial charge in [-0.1, -0.05) is 19.8 Å². The molecule has 0 saturated heterocycles. The number of unbranched alkanes of at least 4 members (excludes halogenated alkanes) is 2.